The zero-order valence-electron chi connectivity index (χ0n) is 17.9. The SMILES string of the molecule is Fc1ccc(/C=C2\CN(Cc3ccccc3)CC3=C2NC(=S)NC3c2ccc(F)cc2)cc1. The Morgan fingerprint density at radius 1 is 0.879 bits per heavy atom. The molecule has 3 aromatic carbocycles. The molecule has 0 aliphatic carbocycles. The quantitative estimate of drug-likeness (QED) is 0.516. The first kappa shape index (κ1) is 21.5. The Balaban J connectivity index is 1.57. The number of hydrogen-bond acceptors (Lipinski definition) is 2. The summed E-state index contributed by atoms with van der Waals surface area (Å²) in [6.07, 6.45) is 2.08. The van der Waals surface area contributed by atoms with Gasteiger partial charge in [0.05, 0.1) is 6.04 Å². The maximum atomic E-state index is 13.6. The molecule has 3 aromatic rings. The Kier molecular flexibility index (Phi) is 6.03. The number of nitrogens with zero attached hydrogens (tertiary/aromatic N) is 1. The summed E-state index contributed by atoms with van der Waals surface area (Å²) in [5.74, 6) is -0.528. The molecule has 1 unspecified atom stereocenters. The summed E-state index contributed by atoms with van der Waals surface area (Å²) in [4.78, 5) is 2.37. The summed E-state index contributed by atoms with van der Waals surface area (Å²) in [7, 11) is 0. The summed E-state index contributed by atoms with van der Waals surface area (Å²) in [6, 6.07) is 23.2. The van der Waals surface area contributed by atoms with Crippen LogP contribution in [0.5, 0.6) is 0 Å². The van der Waals surface area contributed by atoms with E-state index in [4.69, 9.17) is 12.2 Å². The van der Waals surface area contributed by atoms with Crippen LogP contribution in [0.2, 0.25) is 0 Å². The van der Waals surface area contributed by atoms with Crippen molar-refractivity contribution in [3.63, 3.8) is 0 Å². The van der Waals surface area contributed by atoms with E-state index in [1.807, 2.05) is 18.2 Å². The normalized spacial score (nSPS) is 19.8. The van der Waals surface area contributed by atoms with Crippen LogP contribution in [0.3, 0.4) is 0 Å². The molecule has 2 N–H and O–H groups in total. The lowest BCUT2D eigenvalue weighted by atomic mass is 9.88. The fourth-order valence-corrected chi connectivity index (χ4v) is 4.66. The van der Waals surface area contributed by atoms with Gasteiger partial charge in [0.2, 0.25) is 0 Å². The van der Waals surface area contributed by atoms with Crippen LogP contribution in [-0.4, -0.2) is 23.1 Å². The third-order valence-corrected chi connectivity index (χ3v) is 6.18. The minimum atomic E-state index is -0.268. The molecule has 2 aliphatic rings. The van der Waals surface area contributed by atoms with E-state index >= 15 is 0 Å². The molecule has 33 heavy (non-hydrogen) atoms. The Morgan fingerprint density at radius 3 is 2.24 bits per heavy atom. The second-order valence-electron chi connectivity index (χ2n) is 8.34. The van der Waals surface area contributed by atoms with Crippen molar-refractivity contribution in [3.8, 4) is 0 Å². The molecule has 3 nitrogen and oxygen atoms in total. The van der Waals surface area contributed by atoms with E-state index in [2.05, 4.69) is 33.7 Å². The Hall–Kier alpha value is -3.35. The van der Waals surface area contributed by atoms with Gasteiger partial charge in [0, 0.05) is 25.3 Å². The standard InChI is InChI=1S/C27H23F2N3S/c28-22-10-6-18(7-11-22)14-21-16-32(15-19-4-2-1-3-5-19)17-24-25(30-27(33)31-26(21)24)20-8-12-23(29)13-9-20/h1-14,25H,15-17H2,(H2,30,31,33)/b21-14+. The predicted octanol–water partition coefficient (Wildman–Crippen LogP) is 5.34. The van der Waals surface area contributed by atoms with Crippen LogP contribution in [0.25, 0.3) is 6.08 Å². The molecule has 6 heteroatoms. The van der Waals surface area contributed by atoms with E-state index < -0.39 is 0 Å². The van der Waals surface area contributed by atoms with Crippen LogP contribution in [-0.2, 0) is 6.54 Å². The Bertz CT molecular complexity index is 1220. The monoisotopic (exact) mass is 459 g/mol. The van der Waals surface area contributed by atoms with Gasteiger partial charge < -0.3 is 10.6 Å². The van der Waals surface area contributed by atoms with Crippen LogP contribution >= 0.6 is 12.2 Å². The summed E-state index contributed by atoms with van der Waals surface area (Å²) in [5, 5.41) is 7.25. The van der Waals surface area contributed by atoms with E-state index in [-0.39, 0.29) is 17.7 Å². The molecule has 0 bridgehead atoms. The first-order valence-electron chi connectivity index (χ1n) is 10.8. The van der Waals surface area contributed by atoms with Crippen molar-refractivity contribution in [1.82, 2.24) is 15.5 Å². The minimum Gasteiger partial charge on any atom is -0.352 e. The van der Waals surface area contributed by atoms with Gasteiger partial charge in [0.1, 0.15) is 11.6 Å². The Morgan fingerprint density at radius 2 is 1.55 bits per heavy atom. The van der Waals surface area contributed by atoms with Gasteiger partial charge in [-0.2, -0.15) is 0 Å². The number of benzene rings is 3. The molecule has 2 aliphatic heterocycles. The molecule has 166 valence electrons. The van der Waals surface area contributed by atoms with E-state index in [0.29, 0.717) is 5.11 Å². The van der Waals surface area contributed by atoms with Crippen molar-refractivity contribution >= 4 is 23.4 Å². The van der Waals surface area contributed by atoms with Crippen molar-refractivity contribution in [1.29, 1.82) is 0 Å². The average Bonchev–Trinajstić information content (AvgIpc) is 2.82. The van der Waals surface area contributed by atoms with E-state index in [1.165, 1.54) is 29.8 Å². The molecule has 0 fully saturated rings. The second-order valence-corrected chi connectivity index (χ2v) is 8.74. The highest BCUT2D eigenvalue weighted by molar-refractivity contribution is 7.80. The van der Waals surface area contributed by atoms with Crippen LogP contribution in [0.4, 0.5) is 8.78 Å². The van der Waals surface area contributed by atoms with Crippen LogP contribution in [0, 0.1) is 11.6 Å². The molecule has 5 rings (SSSR count). The average molecular weight is 460 g/mol. The largest absolute Gasteiger partial charge is 0.352 e. The molecule has 0 radical (unpaired) electrons. The topological polar surface area (TPSA) is 27.3 Å². The highest BCUT2D eigenvalue weighted by Gasteiger charge is 2.33. The summed E-state index contributed by atoms with van der Waals surface area (Å²) < 4.78 is 27.0. The van der Waals surface area contributed by atoms with Crippen molar-refractivity contribution in [2.75, 3.05) is 13.1 Å². The maximum Gasteiger partial charge on any atom is 0.171 e. The lowest BCUT2D eigenvalue weighted by molar-refractivity contribution is 0.292. The third kappa shape index (κ3) is 4.87. The van der Waals surface area contributed by atoms with Gasteiger partial charge in [-0.3, -0.25) is 4.90 Å². The van der Waals surface area contributed by atoms with E-state index in [1.54, 1.807) is 24.3 Å². The predicted molar refractivity (Wildman–Crippen MR) is 131 cm³/mol. The van der Waals surface area contributed by atoms with Gasteiger partial charge in [0.25, 0.3) is 0 Å². The summed E-state index contributed by atoms with van der Waals surface area (Å²) in [6.45, 7) is 2.24. The van der Waals surface area contributed by atoms with Gasteiger partial charge >= 0.3 is 0 Å². The van der Waals surface area contributed by atoms with E-state index in [9.17, 15) is 8.78 Å². The molecular formula is C27H23F2N3S. The second kappa shape index (κ2) is 9.25. The minimum absolute atomic E-state index is 0.162. The van der Waals surface area contributed by atoms with Crippen LogP contribution in [0.15, 0.2) is 95.7 Å². The fraction of sp³-hybridized carbons (Fsp3) is 0.148. The van der Waals surface area contributed by atoms with Crippen LogP contribution < -0.4 is 10.6 Å². The number of thiocarbonyl (C=S) groups is 1. The molecule has 2 heterocycles. The van der Waals surface area contributed by atoms with Gasteiger partial charge in [-0.25, -0.2) is 8.78 Å². The number of halogens is 2. The van der Waals surface area contributed by atoms with Crippen LogP contribution in [0.1, 0.15) is 22.7 Å². The molecule has 0 saturated heterocycles. The molecule has 1 atom stereocenters. The van der Waals surface area contributed by atoms with Gasteiger partial charge in [-0.1, -0.05) is 54.6 Å². The number of nitrogens with one attached hydrogen (secondary N) is 2. The van der Waals surface area contributed by atoms with Crippen molar-refractivity contribution in [2.45, 2.75) is 12.6 Å². The zero-order valence-corrected chi connectivity index (χ0v) is 18.7. The molecule has 0 amide bonds. The highest BCUT2D eigenvalue weighted by Crippen LogP contribution is 2.35. The first-order valence-corrected chi connectivity index (χ1v) is 11.2. The number of hydrogen-bond donors (Lipinski definition) is 2. The van der Waals surface area contributed by atoms with Gasteiger partial charge in [-0.15, -0.1) is 0 Å². The lowest BCUT2D eigenvalue weighted by Gasteiger charge is -2.40. The molecule has 0 aromatic heterocycles. The molecule has 0 saturated carbocycles. The van der Waals surface area contributed by atoms with Crippen molar-refractivity contribution < 1.29 is 8.78 Å². The van der Waals surface area contributed by atoms with Crippen molar-refractivity contribution in [2.24, 2.45) is 0 Å². The third-order valence-electron chi connectivity index (χ3n) is 5.96. The molecule has 0 spiro atoms. The smallest absolute Gasteiger partial charge is 0.171 e. The summed E-state index contributed by atoms with van der Waals surface area (Å²) in [5.41, 5.74) is 6.32. The Labute approximate surface area is 197 Å². The van der Waals surface area contributed by atoms with Gasteiger partial charge in [0.15, 0.2) is 5.11 Å². The molecular weight excluding hydrogens is 436 g/mol. The van der Waals surface area contributed by atoms with Crippen molar-refractivity contribution in [3.05, 3.63) is 124 Å². The summed E-state index contributed by atoms with van der Waals surface area (Å²) >= 11 is 5.53. The van der Waals surface area contributed by atoms with E-state index in [0.717, 1.165) is 47.6 Å². The number of rotatable bonds is 4. The fourth-order valence-electron chi connectivity index (χ4n) is 4.44. The first-order chi connectivity index (χ1) is 16.0. The highest BCUT2D eigenvalue weighted by atomic mass is 32.1. The zero-order chi connectivity index (χ0) is 22.8. The maximum absolute atomic E-state index is 13.6. The van der Waals surface area contributed by atoms with Gasteiger partial charge in [-0.05, 0) is 70.4 Å². The lowest BCUT2D eigenvalue weighted by Crippen LogP contribution is -2.49.